The molecule has 0 saturated heterocycles. The lowest BCUT2D eigenvalue weighted by atomic mass is 10.2. The Bertz CT molecular complexity index is 619. The molecule has 0 aliphatic carbocycles. The van der Waals surface area contributed by atoms with Gasteiger partial charge in [-0.15, -0.1) is 0 Å². The van der Waals surface area contributed by atoms with Gasteiger partial charge in [0.05, 0.1) is 14.2 Å². The lowest BCUT2D eigenvalue weighted by Gasteiger charge is -2.08. The third kappa shape index (κ3) is 3.66. The summed E-state index contributed by atoms with van der Waals surface area (Å²) in [6.45, 7) is 0.111. The maximum Gasteiger partial charge on any atom is 0.342 e. The molecule has 2 aromatic carbocycles. The molecule has 0 aliphatic rings. The van der Waals surface area contributed by atoms with E-state index in [4.69, 9.17) is 14.2 Å². The summed E-state index contributed by atoms with van der Waals surface area (Å²) in [6, 6.07) is 11.6. The molecule has 0 unspecified atom stereocenters. The van der Waals surface area contributed by atoms with E-state index in [1.165, 1.54) is 19.2 Å². The molecule has 110 valence electrons. The van der Waals surface area contributed by atoms with E-state index in [9.17, 15) is 9.90 Å². The van der Waals surface area contributed by atoms with Gasteiger partial charge in [0, 0.05) is 0 Å². The molecule has 1 N–H and O–H groups in total. The fraction of sp³-hybridized carbons (Fsp3) is 0.188. The monoisotopic (exact) mass is 288 g/mol. The highest BCUT2D eigenvalue weighted by Crippen LogP contribution is 2.24. The number of benzene rings is 2. The fourth-order valence-electron chi connectivity index (χ4n) is 1.75. The number of esters is 1. The summed E-state index contributed by atoms with van der Waals surface area (Å²) in [6.07, 6.45) is 0. The van der Waals surface area contributed by atoms with Crippen LogP contribution in [0.1, 0.15) is 15.9 Å². The minimum Gasteiger partial charge on any atom is -0.507 e. The number of carbonyl (C=O) groups is 1. The van der Waals surface area contributed by atoms with Crippen LogP contribution in [-0.2, 0) is 11.3 Å². The molecule has 0 amide bonds. The van der Waals surface area contributed by atoms with E-state index in [0.29, 0.717) is 5.75 Å². The van der Waals surface area contributed by atoms with Gasteiger partial charge < -0.3 is 19.3 Å². The molecule has 0 aliphatic heterocycles. The molecular weight excluding hydrogens is 272 g/mol. The Hall–Kier alpha value is -2.69. The smallest absolute Gasteiger partial charge is 0.342 e. The van der Waals surface area contributed by atoms with E-state index >= 15 is 0 Å². The van der Waals surface area contributed by atoms with Crippen LogP contribution in [0.4, 0.5) is 0 Å². The average molecular weight is 288 g/mol. The van der Waals surface area contributed by atoms with Crippen molar-refractivity contribution in [2.24, 2.45) is 0 Å². The summed E-state index contributed by atoms with van der Waals surface area (Å²) in [5.74, 6) is 0.456. The van der Waals surface area contributed by atoms with E-state index in [1.54, 1.807) is 37.4 Å². The zero-order valence-corrected chi connectivity index (χ0v) is 11.8. The second-order valence-electron chi connectivity index (χ2n) is 4.31. The zero-order chi connectivity index (χ0) is 15.2. The molecule has 0 aromatic heterocycles. The van der Waals surface area contributed by atoms with Crippen molar-refractivity contribution in [3.63, 3.8) is 0 Å². The molecule has 21 heavy (non-hydrogen) atoms. The zero-order valence-electron chi connectivity index (χ0n) is 11.8. The Kier molecular flexibility index (Phi) is 4.66. The molecule has 5 nitrogen and oxygen atoms in total. The standard InChI is InChI=1S/C16H16O5/c1-19-12-5-3-11(4-6-12)10-21-16(18)14-9-13(20-2)7-8-15(14)17/h3-9,17H,10H2,1-2H3. The van der Waals surface area contributed by atoms with Crippen molar-refractivity contribution in [1.82, 2.24) is 0 Å². The van der Waals surface area contributed by atoms with Gasteiger partial charge in [-0.25, -0.2) is 4.79 Å². The summed E-state index contributed by atoms with van der Waals surface area (Å²) in [7, 11) is 3.07. The molecule has 0 saturated carbocycles. The number of rotatable bonds is 5. The van der Waals surface area contributed by atoms with Gasteiger partial charge in [0.2, 0.25) is 0 Å². The summed E-state index contributed by atoms with van der Waals surface area (Å²) in [5, 5.41) is 9.69. The molecule has 2 aromatic rings. The molecule has 0 spiro atoms. The van der Waals surface area contributed by atoms with Gasteiger partial charge in [-0.2, -0.15) is 0 Å². The van der Waals surface area contributed by atoms with Crippen molar-refractivity contribution in [2.45, 2.75) is 6.61 Å². The van der Waals surface area contributed by atoms with Crippen molar-refractivity contribution in [1.29, 1.82) is 0 Å². The van der Waals surface area contributed by atoms with E-state index < -0.39 is 5.97 Å². The van der Waals surface area contributed by atoms with Crippen molar-refractivity contribution in [3.05, 3.63) is 53.6 Å². The number of phenols is 1. The molecule has 0 atom stereocenters. The molecule has 0 radical (unpaired) electrons. The number of aromatic hydroxyl groups is 1. The van der Waals surface area contributed by atoms with Gasteiger partial charge in [0.25, 0.3) is 0 Å². The van der Waals surface area contributed by atoms with Crippen LogP contribution in [0, 0.1) is 0 Å². The number of methoxy groups -OCH3 is 2. The van der Waals surface area contributed by atoms with Gasteiger partial charge in [-0.05, 0) is 35.9 Å². The normalized spacial score (nSPS) is 10.0. The number of phenolic OH excluding ortho intramolecular Hbond substituents is 1. The third-order valence-corrected chi connectivity index (χ3v) is 2.95. The molecular formula is C16H16O5. The van der Waals surface area contributed by atoms with Gasteiger partial charge in [0.15, 0.2) is 0 Å². The molecule has 0 fully saturated rings. The lowest BCUT2D eigenvalue weighted by Crippen LogP contribution is -2.06. The van der Waals surface area contributed by atoms with Gasteiger partial charge in [-0.1, -0.05) is 12.1 Å². The van der Waals surface area contributed by atoms with E-state index in [1.807, 2.05) is 0 Å². The van der Waals surface area contributed by atoms with Gasteiger partial charge >= 0.3 is 5.97 Å². The largest absolute Gasteiger partial charge is 0.507 e. The first-order chi connectivity index (χ1) is 10.1. The van der Waals surface area contributed by atoms with E-state index in [-0.39, 0.29) is 17.9 Å². The second-order valence-corrected chi connectivity index (χ2v) is 4.31. The summed E-state index contributed by atoms with van der Waals surface area (Å²) >= 11 is 0. The third-order valence-electron chi connectivity index (χ3n) is 2.95. The highest BCUT2D eigenvalue weighted by molar-refractivity contribution is 5.92. The first-order valence-corrected chi connectivity index (χ1v) is 6.31. The number of hydrogen-bond acceptors (Lipinski definition) is 5. The fourth-order valence-corrected chi connectivity index (χ4v) is 1.75. The Morgan fingerprint density at radius 1 is 1.00 bits per heavy atom. The van der Waals surface area contributed by atoms with Crippen molar-refractivity contribution in [3.8, 4) is 17.2 Å². The van der Waals surface area contributed by atoms with Crippen LogP contribution in [0.15, 0.2) is 42.5 Å². The second kappa shape index (κ2) is 6.65. The minimum absolute atomic E-state index is 0.0721. The first-order valence-electron chi connectivity index (χ1n) is 6.31. The first kappa shape index (κ1) is 14.7. The lowest BCUT2D eigenvalue weighted by molar-refractivity contribution is 0.0469. The quantitative estimate of drug-likeness (QED) is 0.857. The Morgan fingerprint density at radius 2 is 1.62 bits per heavy atom. The van der Waals surface area contributed by atoms with Crippen molar-refractivity contribution < 1.29 is 24.1 Å². The van der Waals surface area contributed by atoms with Crippen LogP contribution in [0.2, 0.25) is 0 Å². The van der Waals surface area contributed by atoms with Gasteiger partial charge in [0.1, 0.15) is 29.4 Å². The van der Waals surface area contributed by atoms with Crippen LogP contribution in [0.25, 0.3) is 0 Å². The Labute approximate surface area is 122 Å². The van der Waals surface area contributed by atoms with Gasteiger partial charge in [-0.3, -0.25) is 0 Å². The highest BCUT2D eigenvalue weighted by Gasteiger charge is 2.14. The predicted octanol–water partition coefficient (Wildman–Crippen LogP) is 2.77. The molecule has 2 rings (SSSR count). The maximum atomic E-state index is 12.0. The summed E-state index contributed by atoms with van der Waals surface area (Å²) < 4.78 is 15.2. The highest BCUT2D eigenvalue weighted by atomic mass is 16.5. The number of ether oxygens (including phenoxy) is 3. The molecule has 5 heteroatoms. The Morgan fingerprint density at radius 3 is 2.24 bits per heavy atom. The SMILES string of the molecule is COc1ccc(COC(=O)c2cc(OC)ccc2O)cc1. The van der Waals surface area contributed by atoms with Crippen LogP contribution < -0.4 is 9.47 Å². The van der Waals surface area contributed by atoms with Crippen molar-refractivity contribution >= 4 is 5.97 Å². The van der Waals surface area contributed by atoms with Crippen LogP contribution in [-0.4, -0.2) is 25.3 Å². The average Bonchev–Trinajstić information content (AvgIpc) is 2.53. The summed E-state index contributed by atoms with van der Waals surface area (Å²) in [4.78, 5) is 12.0. The number of carbonyl (C=O) groups excluding carboxylic acids is 1. The van der Waals surface area contributed by atoms with Crippen LogP contribution in [0.5, 0.6) is 17.2 Å². The maximum absolute atomic E-state index is 12.0. The van der Waals surface area contributed by atoms with Crippen LogP contribution >= 0.6 is 0 Å². The Balaban J connectivity index is 2.04. The summed E-state index contributed by atoms with van der Waals surface area (Å²) in [5.41, 5.74) is 0.898. The topological polar surface area (TPSA) is 65.0 Å². The number of hydrogen-bond donors (Lipinski definition) is 1. The molecule has 0 bridgehead atoms. The minimum atomic E-state index is -0.609. The van der Waals surface area contributed by atoms with Crippen LogP contribution in [0.3, 0.4) is 0 Å². The molecule has 0 heterocycles. The van der Waals surface area contributed by atoms with E-state index in [2.05, 4.69) is 0 Å². The predicted molar refractivity (Wildman–Crippen MR) is 76.8 cm³/mol. The van der Waals surface area contributed by atoms with Crippen molar-refractivity contribution in [2.75, 3.05) is 14.2 Å². The van der Waals surface area contributed by atoms with E-state index in [0.717, 1.165) is 11.3 Å².